The maximum Gasteiger partial charge on any atom is 0.159 e. The molecule has 0 spiro atoms. The molecule has 0 aromatic heterocycles. The van der Waals surface area contributed by atoms with Crippen LogP contribution in [0.2, 0.25) is 0 Å². The number of hydrogen-bond donors (Lipinski definition) is 1. The van der Waals surface area contributed by atoms with Crippen LogP contribution >= 0.6 is 15.9 Å². The monoisotopic (exact) mass is 351 g/mol. The molecule has 0 fully saturated rings. The Morgan fingerprint density at radius 1 is 1.43 bits per heavy atom. The first-order chi connectivity index (χ1) is 9.95. The molecular weight excluding hydrogens is 333 g/mol. The van der Waals surface area contributed by atoms with E-state index in [0.717, 1.165) is 41.5 Å². The van der Waals surface area contributed by atoms with E-state index in [4.69, 9.17) is 5.73 Å². The Labute approximate surface area is 132 Å². The second kappa shape index (κ2) is 4.94. The topological polar surface area (TPSA) is 43.1 Å². The molecule has 1 aromatic carbocycles. The smallest absolute Gasteiger partial charge is 0.159 e. The predicted molar refractivity (Wildman–Crippen MR) is 86.4 cm³/mol. The SMILES string of the molecule is CCC1=C2c3cc(F)c(N)c(Br)c3CC2(CC)CCC1=O. The van der Waals surface area contributed by atoms with Crippen LogP contribution in [0.1, 0.15) is 50.7 Å². The number of nitrogen functional groups attached to an aromatic ring is 1. The lowest BCUT2D eigenvalue weighted by Crippen LogP contribution is -2.27. The molecule has 21 heavy (non-hydrogen) atoms. The summed E-state index contributed by atoms with van der Waals surface area (Å²) in [5, 5.41) is 0. The first-order valence-corrected chi connectivity index (χ1v) is 8.28. The number of hydrogen-bond acceptors (Lipinski definition) is 2. The molecule has 1 aromatic rings. The predicted octanol–water partition coefficient (Wildman–Crippen LogP) is 4.65. The number of Topliss-reactive ketones (excluding diaryl/α,β-unsaturated/α-hetero) is 1. The van der Waals surface area contributed by atoms with Crippen molar-refractivity contribution < 1.29 is 9.18 Å². The van der Waals surface area contributed by atoms with Gasteiger partial charge < -0.3 is 5.73 Å². The molecule has 112 valence electrons. The lowest BCUT2D eigenvalue weighted by atomic mass is 9.68. The fourth-order valence-corrected chi connectivity index (χ4v) is 4.52. The van der Waals surface area contributed by atoms with Crippen LogP contribution in [0.15, 0.2) is 16.1 Å². The number of allylic oxidation sites excluding steroid dienone is 2. The summed E-state index contributed by atoms with van der Waals surface area (Å²) in [6, 6.07) is 1.52. The third-order valence-corrected chi connectivity index (χ3v) is 6.07. The van der Waals surface area contributed by atoms with E-state index in [1.54, 1.807) is 0 Å². The molecule has 0 saturated carbocycles. The van der Waals surface area contributed by atoms with Gasteiger partial charge in [0.25, 0.3) is 0 Å². The van der Waals surface area contributed by atoms with Crippen LogP contribution in [0.25, 0.3) is 5.57 Å². The van der Waals surface area contributed by atoms with Gasteiger partial charge in [0, 0.05) is 16.3 Å². The first-order valence-electron chi connectivity index (χ1n) is 7.48. The Kier molecular flexibility index (Phi) is 3.47. The van der Waals surface area contributed by atoms with Crippen LogP contribution in [-0.4, -0.2) is 5.78 Å². The van der Waals surface area contributed by atoms with Gasteiger partial charge in [-0.2, -0.15) is 0 Å². The highest BCUT2D eigenvalue weighted by Gasteiger charge is 2.46. The van der Waals surface area contributed by atoms with Crippen molar-refractivity contribution in [2.75, 3.05) is 5.73 Å². The Morgan fingerprint density at radius 2 is 2.14 bits per heavy atom. The van der Waals surface area contributed by atoms with E-state index in [1.165, 1.54) is 6.07 Å². The molecule has 0 heterocycles. The summed E-state index contributed by atoms with van der Waals surface area (Å²) in [5.41, 5.74) is 9.88. The molecule has 0 saturated heterocycles. The second-order valence-electron chi connectivity index (χ2n) is 6.05. The normalized spacial score (nSPS) is 24.3. The number of ketones is 1. The van der Waals surface area contributed by atoms with Crippen molar-refractivity contribution in [3.05, 3.63) is 33.1 Å². The molecule has 0 radical (unpaired) electrons. The Hall–Kier alpha value is -1.16. The van der Waals surface area contributed by atoms with Crippen molar-refractivity contribution in [3.8, 4) is 0 Å². The van der Waals surface area contributed by atoms with E-state index in [1.807, 2.05) is 6.92 Å². The van der Waals surface area contributed by atoms with Gasteiger partial charge in [-0.1, -0.05) is 13.8 Å². The zero-order valence-corrected chi connectivity index (χ0v) is 13.9. The Bertz CT molecular complexity index is 680. The molecular formula is C17H19BrFNO. The molecule has 2 aliphatic rings. The molecule has 2 nitrogen and oxygen atoms in total. The van der Waals surface area contributed by atoms with E-state index in [0.29, 0.717) is 17.3 Å². The van der Waals surface area contributed by atoms with Crippen LogP contribution < -0.4 is 5.73 Å². The number of fused-ring (bicyclic) bond motifs is 3. The van der Waals surface area contributed by atoms with Gasteiger partial charge in [-0.05, 0) is 70.0 Å². The fraction of sp³-hybridized carbons (Fsp3) is 0.471. The highest BCUT2D eigenvalue weighted by molar-refractivity contribution is 9.10. The minimum Gasteiger partial charge on any atom is -0.395 e. The van der Waals surface area contributed by atoms with E-state index in [-0.39, 0.29) is 16.9 Å². The summed E-state index contributed by atoms with van der Waals surface area (Å²) in [4.78, 5) is 12.3. The summed E-state index contributed by atoms with van der Waals surface area (Å²) < 4.78 is 14.8. The number of anilines is 1. The molecule has 0 amide bonds. The van der Waals surface area contributed by atoms with Gasteiger partial charge in [0.05, 0.1) is 5.69 Å². The maximum absolute atomic E-state index is 14.1. The van der Waals surface area contributed by atoms with E-state index in [9.17, 15) is 9.18 Å². The minimum absolute atomic E-state index is 0.0235. The van der Waals surface area contributed by atoms with Gasteiger partial charge in [-0.25, -0.2) is 4.39 Å². The maximum atomic E-state index is 14.1. The van der Waals surface area contributed by atoms with Gasteiger partial charge >= 0.3 is 0 Å². The van der Waals surface area contributed by atoms with Gasteiger partial charge in [-0.15, -0.1) is 0 Å². The van der Waals surface area contributed by atoms with E-state index >= 15 is 0 Å². The number of carbonyl (C=O) groups excluding carboxylic acids is 1. The minimum atomic E-state index is -0.409. The second-order valence-corrected chi connectivity index (χ2v) is 6.85. The van der Waals surface area contributed by atoms with Crippen molar-refractivity contribution in [3.63, 3.8) is 0 Å². The third kappa shape index (κ3) is 1.91. The number of carbonyl (C=O) groups is 1. The lowest BCUT2D eigenvalue weighted by molar-refractivity contribution is -0.116. The summed E-state index contributed by atoms with van der Waals surface area (Å²) in [5.74, 6) is -0.189. The highest BCUT2D eigenvalue weighted by Crippen LogP contribution is 2.58. The van der Waals surface area contributed by atoms with Crippen molar-refractivity contribution >= 4 is 33.0 Å². The van der Waals surface area contributed by atoms with Gasteiger partial charge in [0.15, 0.2) is 5.78 Å². The number of halogens is 2. The van der Waals surface area contributed by atoms with Crippen LogP contribution in [0.4, 0.5) is 10.1 Å². The van der Waals surface area contributed by atoms with Crippen LogP contribution in [0.3, 0.4) is 0 Å². The highest BCUT2D eigenvalue weighted by atomic mass is 79.9. The largest absolute Gasteiger partial charge is 0.395 e. The lowest BCUT2D eigenvalue weighted by Gasteiger charge is -2.35. The van der Waals surface area contributed by atoms with Crippen molar-refractivity contribution in [1.29, 1.82) is 0 Å². The summed E-state index contributed by atoms with van der Waals surface area (Å²) in [6.07, 6.45) is 3.96. The summed E-state index contributed by atoms with van der Waals surface area (Å²) >= 11 is 3.45. The Morgan fingerprint density at radius 3 is 2.76 bits per heavy atom. The summed E-state index contributed by atoms with van der Waals surface area (Å²) in [7, 11) is 0. The molecule has 0 aliphatic heterocycles. The third-order valence-electron chi connectivity index (χ3n) is 5.17. The van der Waals surface area contributed by atoms with Crippen molar-refractivity contribution in [1.82, 2.24) is 0 Å². The van der Waals surface area contributed by atoms with Crippen molar-refractivity contribution in [2.24, 2.45) is 5.41 Å². The average molecular weight is 352 g/mol. The van der Waals surface area contributed by atoms with Crippen LogP contribution in [0, 0.1) is 11.2 Å². The van der Waals surface area contributed by atoms with Crippen molar-refractivity contribution in [2.45, 2.75) is 46.0 Å². The van der Waals surface area contributed by atoms with Crippen LogP contribution in [0.5, 0.6) is 0 Å². The number of nitrogens with two attached hydrogens (primary N) is 1. The first kappa shape index (κ1) is 14.8. The molecule has 4 heteroatoms. The molecule has 3 rings (SSSR count). The molecule has 2 N–H and O–H groups in total. The molecule has 0 bridgehead atoms. The molecule has 1 unspecified atom stereocenters. The fourth-order valence-electron chi connectivity index (χ4n) is 3.98. The van der Waals surface area contributed by atoms with Gasteiger partial charge in [-0.3, -0.25) is 4.79 Å². The molecule has 1 atom stereocenters. The average Bonchev–Trinajstić information content (AvgIpc) is 2.81. The van der Waals surface area contributed by atoms with Crippen LogP contribution in [-0.2, 0) is 11.2 Å². The quantitative estimate of drug-likeness (QED) is 0.788. The standard InChI is InChI=1S/C17H19BrFNO/c1-3-9-13(21)5-6-17(4-2)8-11-10(14(9)17)7-12(19)16(20)15(11)18/h7H,3-6,8,20H2,1-2H3. The van der Waals surface area contributed by atoms with Gasteiger partial charge in [0.1, 0.15) is 5.82 Å². The zero-order chi connectivity index (χ0) is 15.4. The summed E-state index contributed by atoms with van der Waals surface area (Å²) in [6.45, 7) is 4.16. The van der Waals surface area contributed by atoms with E-state index < -0.39 is 5.82 Å². The zero-order valence-electron chi connectivity index (χ0n) is 12.4. The molecule has 2 aliphatic carbocycles. The van der Waals surface area contributed by atoms with E-state index in [2.05, 4.69) is 22.9 Å². The van der Waals surface area contributed by atoms with Gasteiger partial charge in [0.2, 0.25) is 0 Å². The number of benzene rings is 1. The number of rotatable bonds is 2. The Balaban J connectivity index is 2.35.